The SMILES string of the molecule is Cn1cnc2cnc(N)c(I)c21. The topological polar surface area (TPSA) is 56.7 Å². The average molecular weight is 274 g/mol. The largest absolute Gasteiger partial charge is 0.383 e. The van der Waals surface area contributed by atoms with Gasteiger partial charge in [0.15, 0.2) is 0 Å². The van der Waals surface area contributed by atoms with Gasteiger partial charge in [0.2, 0.25) is 0 Å². The van der Waals surface area contributed by atoms with Crippen molar-refractivity contribution in [2.24, 2.45) is 7.05 Å². The summed E-state index contributed by atoms with van der Waals surface area (Å²) in [7, 11) is 1.94. The van der Waals surface area contributed by atoms with Gasteiger partial charge < -0.3 is 10.3 Å². The second-order valence-corrected chi connectivity index (χ2v) is 3.63. The molecule has 2 aromatic heterocycles. The Balaban J connectivity index is 2.96. The molecule has 0 aromatic carbocycles. The van der Waals surface area contributed by atoms with Gasteiger partial charge in [-0.25, -0.2) is 9.97 Å². The number of rotatable bonds is 0. The Morgan fingerprint density at radius 2 is 2.25 bits per heavy atom. The number of nitrogen functional groups attached to an aromatic ring is 1. The van der Waals surface area contributed by atoms with Crippen molar-refractivity contribution in [3.8, 4) is 0 Å². The molecule has 0 fully saturated rings. The Bertz CT molecular complexity index is 434. The van der Waals surface area contributed by atoms with Crippen LogP contribution in [0.3, 0.4) is 0 Å². The molecule has 2 heterocycles. The van der Waals surface area contributed by atoms with Crippen LogP contribution in [0.25, 0.3) is 11.0 Å². The van der Waals surface area contributed by atoms with Crippen LogP contribution >= 0.6 is 22.6 Å². The van der Waals surface area contributed by atoms with Crippen molar-refractivity contribution in [3.63, 3.8) is 0 Å². The quantitative estimate of drug-likeness (QED) is 0.733. The Kier molecular flexibility index (Phi) is 1.67. The van der Waals surface area contributed by atoms with E-state index in [1.165, 1.54) is 0 Å². The van der Waals surface area contributed by atoms with Gasteiger partial charge in [-0.05, 0) is 22.6 Å². The zero-order chi connectivity index (χ0) is 8.72. The lowest BCUT2D eigenvalue weighted by atomic mass is 10.4. The van der Waals surface area contributed by atoms with Crippen LogP contribution in [0.2, 0.25) is 0 Å². The first kappa shape index (κ1) is 7.78. The number of pyridine rings is 1. The number of hydrogen-bond acceptors (Lipinski definition) is 3. The number of nitrogens with zero attached hydrogens (tertiary/aromatic N) is 3. The minimum absolute atomic E-state index is 0.562. The number of fused-ring (bicyclic) bond motifs is 1. The summed E-state index contributed by atoms with van der Waals surface area (Å²) in [4.78, 5) is 8.17. The van der Waals surface area contributed by atoms with Gasteiger partial charge in [-0.15, -0.1) is 0 Å². The number of imidazole rings is 1. The molecule has 0 saturated heterocycles. The first-order chi connectivity index (χ1) is 5.70. The van der Waals surface area contributed by atoms with E-state index in [1.807, 2.05) is 11.6 Å². The molecule has 0 aliphatic heterocycles. The number of nitrogens with two attached hydrogens (primary N) is 1. The third-order valence-electron chi connectivity index (χ3n) is 1.72. The third kappa shape index (κ3) is 0.961. The van der Waals surface area contributed by atoms with Gasteiger partial charge in [-0.3, -0.25) is 0 Å². The normalized spacial score (nSPS) is 10.8. The lowest BCUT2D eigenvalue weighted by Gasteiger charge is -1.99. The molecule has 5 heteroatoms. The van der Waals surface area contributed by atoms with Crippen molar-refractivity contribution in [1.82, 2.24) is 14.5 Å². The summed E-state index contributed by atoms with van der Waals surface area (Å²) >= 11 is 2.18. The van der Waals surface area contributed by atoms with Crippen LogP contribution in [0.1, 0.15) is 0 Å². The molecule has 2 aromatic rings. The second kappa shape index (κ2) is 2.58. The maximum absolute atomic E-state index is 5.65. The molecule has 0 aliphatic carbocycles. The molecular formula is C7H7IN4. The van der Waals surface area contributed by atoms with Crippen LogP contribution in [0.15, 0.2) is 12.5 Å². The zero-order valence-corrected chi connectivity index (χ0v) is 8.61. The highest BCUT2D eigenvalue weighted by Crippen LogP contribution is 2.21. The van der Waals surface area contributed by atoms with Gasteiger partial charge in [-0.2, -0.15) is 0 Å². The van der Waals surface area contributed by atoms with Crippen LogP contribution in [-0.4, -0.2) is 14.5 Å². The van der Waals surface area contributed by atoms with Gasteiger partial charge >= 0.3 is 0 Å². The number of halogens is 1. The van der Waals surface area contributed by atoms with E-state index in [1.54, 1.807) is 12.5 Å². The summed E-state index contributed by atoms with van der Waals surface area (Å²) in [5, 5.41) is 0. The van der Waals surface area contributed by atoms with E-state index in [-0.39, 0.29) is 0 Å². The van der Waals surface area contributed by atoms with Crippen molar-refractivity contribution in [2.75, 3.05) is 5.73 Å². The number of aromatic nitrogens is 3. The smallest absolute Gasteiger partial charge is 0.139 e. The predicted octanol–water partition coefficient (Wildman–Crippen LogP) is 1.16. The van der Waals surface area contributed by atoms with Gasteiger partial charge in [0.1, 0.15) is 11.3 Å². The molecule has 0 atom stereocenters. The van der Waals surface area contributed by atoms with Gasteiger partial charge in [0.25, 0.3) is 0 Å². The van der Waals surface area contributed by atoms with E-state index in [9.17, 15) is 0 Å². The highest BCUT2D eigenvalue weighted by molar-refractivity contribution is 14.1. The zero-order valence-electron chi connectivity index (χ0n) is 6.45. The first-order valence-corrected chi connectivity index (χ1v) is 4.49. The summed E-state index contributed by atoms with van der Waals surface area (Å²) in [6.45, 7) is 0. The number of anilines is 1. The molecule has 2 N–H and O–H groups in total. The second-order valence-electron chi connectivity index (χ2n) is 2.55. The van der Waals surface area contributed by atoms with E-state index in [0.717, 1.165) is 14.6 Å². The van der Waals surface area contributed by atoms with Gasteiger partial charge in [0, 0.05) is 7.05 Å². The van der Waals surface area contributed by atoms with Gasteiger partial charge in [0.05, 0.1) is 21.6 Å². The summed E-state index contributed by atoms with van der Waals surface area (Å²) in [6.07, 6.45) is 3.45. The van der Waals surface area contributed by atoms with E-state index in [2.05, 4.69) is 32.6 Å². The highest BCUT2D eigenvalue weighted by Gasteiger charge is 2.07. The molecule has 2 rings (SSSR count). The first-order valence-electron chi connectivity index (χ1n) is 3.41. The Labute approximate surface area is 82.9 Å². The van der Waals surface area contributed by atoms with Crippen molar-refractivity contribution in [3.05, 3.63) is 16.1 Å². The van der Waals surface area contributed by atoms with Crippen LogP contribution < -0.4 is 5.73 Å². The molecule has 0 unspecified atom stereocenters. The van der Waals surface area contributed by atoms with E-state index < -0.39 is 0 Å². The monoisotopic (exact) mass is 274 g/mol. The van der Waals surface area contributed by atoms with Crippen molar-refractivity contribution >= 4 is 39.4 Å². The molecular weight excluding hydrogens is 267 g/mol. The average Bonchev–Trinajstić information content (AvgIpc) is 2.41. The molecule has 4 nitrogen and oxygen atoms in total. The fourth-order valence-electron chi connectivity index (χ4n) is 1.12. The molecule has 0 bridgehead atoms. The predicted molar refractivity (Wildman–Crippen MR) is 55.6 cm³/mol. The fourth-order valence-corrected chi connectivity index (χ4v) is 1.91. The summed E-state index contributed by atoms with van der Waals surface area (Å²) in [5.74, 6) is 0.562. The van der Waals surface area contributed by atoms with Crippen LogP contribution in [0.5, 0.6) is 0 Å². The van der Waals surface area contributed by atoms with Crippen molar-refractivity contribution < 1.29 is 0 Å². The maximum Gasteiger partial charge on any atom is 0.139 e. The van der Waals surface area contributed by atoms with Crippen LogP contribution in [-0.2, 0) is 7.05 Å². The lowest BCUT2D eigenvalue weighted by molar-refractivity contribution is 0.945. The van der Waals surface area contributed by atoms with E-state index in [0.29, 0.717) is 5.82 Å². The van der Waals surface area contributed by atoms with Crippen molar-refractivity contribution in [1.29, 1.82) is 0 Å². The molecule has 12 heavy (non-hydrogen) atoms. The standard InChI is InChI=1S/C7H7IN4/c1-12-3-11-4-2-10-7(9)5(8)6(4)12/h2-3H,1H3,(H2,9,10). The van der Waals surface area contributed by atoms with E-state index in [4.69, 9.17) is 5.73 Å². The molecule has 62 valence electrons. The van der Waals surface area contributed by atoms with Gasteiger partial charge in [-0.1, -0.05) is 0 Å². The number of hydrogen-bond donors (Lipinski definition) is 1. The van der Waals surface area contributed by atoms with Crippen molar-refractivity contribution in [2.45, 2.75) is 0 Å². The summed E-state index contributed by atoms with van der Waals surface area (Å²) in [6, 6.07) is 0. The highest BCUT2D eigenvalue weighted by atomic mass is 127. The Morgan fingerprint density at radius 3 is 3.00 bits per heavy atom. The van der Waals surface area contributed by atoms with E-state index >= 15 is 0 Å². The number of aryl methyl sites for hydroxylation is 1. The fraction of sp³-hybridized carbons (Fsp3) is 0.143. The molecule has 0 saturated carbocycles. The third-order valence-corrected chi connectivity index (χ3v) is 2.79. The Hall–Kier alpha value is -0.850. The summed E-state index contributed by atoms with van der Waals surface area (Å²) < 4.78 is 2.90. The van der Waals surface area contributed by atoms with Crippen LogP contribution in [0, 0.1) is 3.57 Å². The lowest BCUT2D eigenvalue weighted by Crippen LogP contribution is -1.96. The summed E-state index contributed by atoms with van der Waals surface area (Å²) in [5.41, 5.74) is 7.58. The molecule has 0 radical (unpaired) electrons. The molecule has 0 amide bonds. The maximum atomic E-state index is 5.65. The minimum atomic E-state index is 0.562. The minimum Gasteiger partial charge on any atom is -0.383 e. The van der Waals surface area contributed by atoms with Crippen LogP contribution in [0.4, 0.5) is 5.82 Å². The Morgan fingerprint density at radius 1 is 1.50 bits per heavy atom. The molecule has 0 spiro atoms. The molecule has 0 aliphatic rings.